The zero-order valence-corrected chi connectivity index (χ0v) is 20.5. The Morgan fingerprint density at radius 2 is 2.11 bits per heavy atom. The van der Waals surface area contributed by atoms with Gasteiger partial charge in [0.2, 0.25) is 0 Å². The molecular weight excluding hydrogens is 466 g/mol. The fraction of sp³-hybridized carbons (Fsp3) is 0.520. The largest absolute Gasteiger partial charge is 0.371 e. The minimum atomic E-state index is -0.231. The van der Waals surface area contributed by atoms with Gasteiger partial charge in [-0.1, -0.05) is 17.7 Å². The molecule has 3 aliphatic rings. The molecule has 6 rings (SSSR count). The number of aryl methyl sites for hydroxylation is 2. The van der Waals surface area contributed by atoms with Crippen molar-refractivity contribution < 1.29 is 9.53 Å². The Hall–Kier alpha value is -2.75. The third-order valence-electron chi connectivity index (χ3n) is 7.26. The van der Waals surface area contributed by atoms with Gasteiger partial charge in [0.1, 0.15) is 5.82 Å². The van der Waals surface area contributed by atoms with Gasteiger partial charge in [0.15, 0.2) is 11.3 Å². The molecule has 3 aromatic rings. The lowest BCUT2D eigenvalue weighted by molar-refractivity contribution is 0.0449. The Morgan fingerprint density at radius 1 is 1.26 bits per heavy atom. The molecule has 2 aliphatic carbocycles. The number of nitrogens with zero attached hydrogens (tertiary/aromatic N) is 5. The van der Waals surface area contributed by atoms with Crippen LogP contribution in [0.5, 0.6) is 0 Å². The predicted molar refractivity (Wildman–Crippen MR) is 134 cm³/mol. The van der Waals surface area contributed by atoms with Crippen LogP contribution >= 0.6 is 11.6 Å². The van der Waals surface area contributed by atoms with Crippen molar-refractivity contribution in [2.24, 2.45) is 5.73 Å². The van der Waals surface area contributed by atoms with E-state index in [0.29, 0.717) is 16.8 Å². The third kappa shape index (κ3) is 4.48. The lowest BCUT2D eigenvalue weighted by Gasteiger charge is -2.26. The maximum Gasteiger partial charge on any atom is 0.272 e. The van der Waals surface area contributed by atoms with Crippen LogP contribution in [-0.2, 0) is 24.1 Å². The molecule has 3 aromatic heterocycles. The normalized spacial score (nSPS) is 24.1. The average molecular weight is 496 g/mol. The number of nitrogens with one attached hydrogen (secondary N) is 1. The molecule has 0 spiro atoms. The lowest BCUT2D eigenvalue weighted by Crippen LogP contribution is -2.39. The smallest absolute Gasteiger partial charge is 0.272 e. The van der Waals surface area contributed by atoms with E-state index >= 15 is 0 Å². The van der Waals surface area contributed by atoms with Crippen LogP contribution in [0.3, 0.4) is 0 Å². The highest BCUT2D eigenvalue weighted by molar-refractivity contribution is 6.35. The second kappa shape index (κ2) is 9.04. The SMILES string of the molecule is CCn1cc(Cl)c2cc(C(=O)NC3CCc4nc(N5CC(N)C(OC6CC6)C5)ccc4C3)nnc21. The van der Waals surface area contributed by atoms with Crippen LogP contribution < -0.4 is 16.0 Å². The van der Waals surface area contributed by atoms with Gasteiger partial charge in [-0.15, -0.1) is 10.2 Å². The Bertz CT molecular complexity index is 1270. The fourth-order valence-electron chi connectivity index (χ4n) is 5.13. The second-order valence-corrected chi connectivity index (χ2v) is 10.3. The van der Waals surface area contributed by atoms with E-state index < -0.39 is 0 Å². The molecule has 3 unspecified atom stereocenters. The number of hydrogen-bond acceptors (Lipinski definition) is 7. The molecule has 35 heavy (non-hydrogen) atoms. The van der Waals surface area contributed by atoms with E-state index in [1.165, 1.54) is 5.56 Å². The fourth-order valence-corrected chi connectivity index (χ4v) is 5.39. The van der Waals surface area contributed by atoms with Gasteiger partial charge >= 0.3 is 0 Å². The molecule has 3 atom stereocenters. The van der Waals surface area contributed by atoms with Crippen molar-refractivity contribution in [2.45, 2.75) is 69.9 Å². The summed E-state index contributed by atoms with van der Waals surface area (Å²) in [6, 6.07) is 5.96. The first-order valence-corrected chi connectivity index (χ1v) is 12.8. The first kappa shape index (κ1) is 22.7. The summed E-state index contributed by atoms with van der Waals surface area (Å²) in [7, 11) is 0. The van der Waals surface area contributed by atoms with Crippen LogP contribution in [-0.4, -0.2) is 63.0 Å². The Kier molecular flexibility index (Phi) is 5.86. The number of fused-ring (bicyclic) bond motifs is 2. The number of rotatable bonds is 6. The van der Waals surface area contributed by atoms with Crippen LogP contribution in [0, 0.1) is 0 Å². The number of hydrogen-bond donors (Lipinski definition) is 2. The molecule has 2 fully saturated rings. The Labute approximate surface area is 209 Å². The maximum absolute atomic E-state index is 12.9. The number of pyridine rings is 1. The number of halogens is 1. The summed E-state index contributed by atoms with van der Waals surface area (Å²) in [4.78, 5) is 20.1. The molecule has 1 aliphatic heterocycles. The molecule has 0 aromatic carbocycles. The van der Waals surface area contributed by atoms with Crippen molar-refractivity contribution in [1.29, 1.82) is 0 Å². The molecule has 9 nitrogen and oxygen atoms in total. The highest BCUT2D eigenvalue weighted by Gasteiger charge is 2.36. The van der Waals surface area contributed by atoms with Crippen LogP contribution in [0.1, 0.15) is 47.9 Å². The van der Waals surface area contributed by atoms with E-state index in [9.17, 15) is 4.79 Å². The maximum atomic E-state index is 12.9. The Balaban J connectivity index is 1.11. The van der Waals surface area contributed by atoms with Crippen molar-refractivity contribution in [1.82, 2.24) is 25.1 Å². The summed E-state index contributed by atoms with van der Waals surface area (Å²) in [5.41, 5.74) is 9.56. The van der Waals surface area contributed by atoms with Crippen molar-refractivity contribution in [2.75, 3.05) is 18.0 Å². The van der Waals surface area contributed by atoms with Gasteiger partial charge in [-0.2, -0.15) is 0 Å². The second-order valence-electron chi connectivity index (χ2n) is 9.86. The molecule has 4 heterocycles. The van der Waals surface area contributed by atoms with E-state index in [2.05, 4.69) is 32.5 Å². The first-order chi connectivity index (χ1) is 17.0. The summed E-state index contributed by atoms with van der Waals surface area (Å²) in [5.74, 6) is 0.730. The zero-order valence-electron chi connectivity index (χ0n) is 19.8. The number of carbonyl (C=O) groups is 1. The van der Waals surface area contributed by atoms with E-state index in [1.54, 1.807) is 6.07 Å². The van der Waals surface area contributed by atoms with Crippen LogP contribution in [0.4, 0.5) is 5.82 Å². The number of aromatic nitrogens is 4. The van der Waals surface area contributed by atoms with E-state index in [0.717, 1.165) is 68.6 Å². The van der Waals surface area contributed by atoms with Crippen molar-refractivity contribution >= 4 is 34.4 Å². The highest BCUT2D eigenvalue weighted by atomic mass is 35.5. The van der Waals surface area contributed by atoms with Gasteiger partial charge in [-0.25, -0.2) is 4.98 Å². The number of ether oxygens (including phenoxy) is 1. The van der Waals surface area contributed by atoms with E-state index in [-0.39, 0.29) is 29.8 Å². The molecule has 1 amide bonds. The number of anilines is 1. The number of carbonyl (C=O) groups excluding carboxylic acids is 1. The molecular formula is C25H30ClN7O2. The summed E-state index contributed by atoms with van der Waals surface area (Å²) in [6.45, 7) is 4.30. The standard InChI is InChI=1S/C25H30ClN7O2/c1-2-32-11-18(26)17-10-21(30-31-24(17)32)25(34)28-15-4-7-20-14(9-15)3-8-23(29-20)33-12-19(27)22(13-33)35-16-5-6-16/h3,8,10-11,15-16,19,22H,2,4-7,9,12-13,27H2,1H3,(H,28,34). The average Bonchev–Trinajstić information content (AvgIpc) is 3.53. The quantitative estimate of drug-likeness (QED) is 0.540. The predicted octanol–water partition coefficient (Wildman–Crippen LogP) is 2.48. The zero-order chi connectivity index (χ0) is 24.1. The van der Waals surface area contributed by atoms with Crippen LogP contribution in [0.25, 0.3) is 11.0 Å². The highest BCUT2D eigenvalue weighted by Crippen LogP contribution is 2.30. The van der Waals surface area contributed by atoms with Crippen molar-refractivity contribution in [3.05, 3.63) is 46.4 Å². The molecule has 0 radical (unpaired) electrons. The van der Waals surface area contributed by atoms with Crippen molar-refractivity contribution in [3.63, 3.8) is 0 Å². The molecule has 0 bridgehead atoms. The molecule has 3 N–H and O–H groups in total. The summed E-state index contributed by atoms with van der Waals surface area (Å²) in [5, 5.41) is 12.8. The summed E-state index contributed by atoms with van der Waals surface area (Å²) < 4.78 is 7.99. The lowest BCUT2D eigenvalue weighted by atomic mass is 9.91. The van der Waals surface area contributed by atoms with Gasteiger partial charge in [-0.05, 0) is 56.7 Å². The summed E-state index contributed by atoms with van der Waals surface area (Å²) in [6.07, 6.45) is 6.98. The third-order valence-corrected chi connectivity index (χ3v) is 7.56. The molecule has 184 valence electrons. The van der Waals surface area contributed by atoms with Gasteiger partial charge in [-0.3, -0.25) is 4.79 Å². The molecule has 1 saturated heterocycles. The number of amides is 1. The van der Waals surface area contributed by atoms with E-state index in [1.807, 2.05) is 17.7 Å². The van der Waals surface area contributed by atoms with Gasteiger partial charge in [0.05, 0.1) is 23.3 Å². The summed E-state index contributed by atoms with van der Waals surface area (Å²) >= 11 is 6.34. The first-order valence-electron chi connectivity index (χ1n) is 12.5. The van der Waals surface area contributed by atoms with Crippen LogP contribution in [0.15, 0.2) is 24.4 Å². The number of nitrogens with two attached hydrogens (primary N) is 1. The topological polar surface area (TPSA) is 111 Å². The van der Waals surface area contributed by atoms with E-state index in [4.69, 9.17) is 27.1 Å². The van der Waals surface area contributed by atoms with Crippen molar-refractivity contribution in [3.8, 4) is 0 Å². The van der Waals surface area contributed by atoms with Gasteiger partial charge in [0.25, 0.3) is 5.91 Å². The van der Waals surface area contributed by atoms with Gasteiger partial charge < -0.3 is 25.3 Å². The van der Waals surface area contributed by atoms with Crippen LogP contribution in [0.2, 0.25) is 5.02 Å². The van der Waals surface area contributed by atoms with Gasteiger partial charge in [0, 0.05) is 43.0 Å². The monoisotopic (exact) mass is 495 g/mol. The molecule has 10 heteroatoms. The minimum Gasteiger partial charge on any atom is -0.371 e. The minimum absolute atomic E-state index is 0.0192. The molecule has 1 saturated carbocycles. The Morgan fingerprint density at radius 3 is 2.91 bits per heavy atom.